The molecule has 0 aliphatic rings. The van der Waals surface area contributed by atoms with Gasteiger partial charge in [0.2, 0.25) is 5.76 Å². The Morgan fingerprint density at radius 2 is 1.79 bits per heavy atom. The molecule has 3 aromatic carbocycles. The van der Waals surface area contributed by atoms with E-state index in [4.69, 9.17) is 14.4 Å². The number of carbonyl (C=O) groups excluding carboxylic acids is 2. The molecule has 0 unspecified atom stereocenters. The maximum atomic E-state index is 12.5. The Balaban J connectivity index is 1.48. The average molecular weight is 384 g/mol. The number of nitriles is 1. The second-order valence-electron chi connectivity index (χ2n) is 6.53. The minimum absolute atomic E-state index is 0.0857. The number of aryl methyl sites for hydroxylation is 1. The topological polar surface area (TPSA) is 92.3 Å². The maximum Gasteiger partial charge on any atom is 0.375 e. The third kappa shape index (κ3) is 3.54. The van der Waals surface area contributed by atoms with E-state index in [1.165, 1.54) is 0 Å². The van der Waals surface area contributed by atoms with Crippen LogP contribution < -0.4 is 5.32 Å². The number of amides is 1. The largest absolute Gasteiger partial charge is 0.450 e. The lowest BCUT2D eigenvalue weighted by atomic mass is 10.1. The van der Waals surface area contributed by atoms with Crippen LogP contribution in [0.4, 0.5) is 5.69 Å². The average Bonchev–Trinajstić information content (AvgIpc) is 3.09. The molecule has 0 bridgehead atoms. The van der Waals surface area contributed by atoms with E-state index in [0.717, 1.165) is 16.2 Å². The number of anilines is 1. The lowest BCUT2D eigenvalue weighted by molar-refractivity contribution is -0.119. The standard InChI is InChI=1S/C23H16N2O4/c1-14-18-11-8-16-4-2-3-5-19(16)22(18)29-21(14)23(27)28-13-20(26)25-17-9-6-15(12-24)7-10-17/h2-11H,13H2,1H3,(H,25,26). The number of furan rings is 1. The van der Waals surface area contributed by atoms with Crippen LogP contribution in [0, 0.1) is 18.3 Å². The maximum absolute atomic E-state index is 12.5. The van der Waals surface area contributed by atoms with Crippen molar-refractivity contribution in [1.29, 1.82) is 5.26 Å². The van der Waals surface area contributed by atoms with E-state index in [2.05, 4.69) is 5.32 Å². The highest BCUT2D eigenvalue weighted by Crippen LogP contribution is 2.32. The zero-order chi connectivity index (χ0) is 20.4. The summed E-state index contributed by atoms with van der Waals surface area (Å²) >= 11 is 0. The summed E-state index contributed by atoms with van der Waals surface area (Å²) < 4.78 is 10.9. The summed E-state index contributed by atoms with van der Waals surface area (Å²) in [7, 11) is 0. The van der Waals surface area contributed by atoms with Gasteiger partial charge in [-0.2, -0.15) is 5.26 Å². The molecule has 0 aliphatic carbocycles. The summed E-state index contributed by atoms with van der Waals surface area (Å²) in [6.07, 6.45) is 0. The molecule has 0 saturated heterocycles. The van der Waals surface area contributed by atoms with Gasteiger partial charge >= 0.3 is 5.97 Å². The molecule has 1 N–H and O–H groups in total. The second kappa shape index (κ2) is 7.49. The molecular formula is C23H16N2O4. The summed E-state index contributed by atoms with van der Waals surface area (Å²) in [4.78, 5) is 24.5. The molecule has 6 nitrogen and oxygen atoms in total. The van der Waals surface area contributed by atoms with Gasteiger partial charge in [-0.05, 0) is 36.6 Å². The zero-order valence-electron chi connectivity index (χ0n) is 15.6. The molecule has 4 rings (SSSR count). The van der Waals surface area contributed by atoms with Crippen LogP contribution in [0.25, 0.3) is 21.7 Å². The molecule has 1 aromatic heterocycles. The SMILES string of the molecule is Cc1c(C(=O)OCC(=O)Nc2ccc(C#N)cc2)oc2c1ccc1ccccc12. The van der Waals surface area contributed by atoms with Gasteiger partial charge in [-0.1, -0.05) is 36.4 Å². The Morgan fingerprint density at radius 3 is 2.55 bits per heavy atom. The van der Waals surface area contributed by atoms with Crippen molar-refractivity contribution in [3.05, 3.63) is 77.6 Å². The number of nitrogens with one attached hydrogen (secondary N) is 1. The van der Waals surface area contributed by atoms with Crippen molar-refractivity contribution >= 4 is 39.3 Å². The van der Waals surface area contributed by atoms with Gasteiger partial charge in [0.1, 0.15) is 5.58 Å². The van der Waals surface area contributed by atoms with Crippen molar-refractivity contribution in [3.63, 3.8) is 0 Å². The van der Waals surface area contributed by atoms with E-state index in [1.807, 2.05) is 42.5 Å². The van der Waals surface area contributed by atoms with E-state index in [9.17, 15) is 9.59 Å². The number of ether oxygens (including phenoxy) is 1. The molecular weight excluding hydrogens is 368 g/mol. The van der Waals surface area contributed by atoms with Gasteiger partial charge in [-0.3, -0.25) is 4.79 Å². The second-order valence-corrected chi connectivity index (χ2v) is 6.53. The first-order chi connectivity index (χ1) is 14.1. The van der Waals surface area contributed by atoms with Crippen LogP contribution in [0.1, 0.15) is 21.7 Å². The molecule has 0 saturated carbocycles. The smallest absolute Gasteiger partial charge is 0.375 e. The molecule has 1 heterocycles. The summed E-state index contributed by atoms with van der Waals surface area (Å²) in [6.45, 7) is 1.34. The van der Waals surface area contributed by atoms with Crippen molar-refractivity contribution in [2.75, 3.05) is 11.9 Å². The highest BCUT2D eigenvalue weighted by Gasteiger charge is 2.21. The molecule has 29 heavy (non-hydrogen) atoms. The minimum Gasteiger partial charge on any atom is -0.450 e. The van der Waals surface area contributed by atoms with Crippen LogP contribution in [0.5, 0.6) is 0 Å². The number of benzene rings is 3. The van der Waals surface area contributed by atoms with Gasteiger partial charge in [-0.25, -0.2) is 4.79 Å². The Hall–Kier alpha value is -4.11. The molecule has 0 fully saturated rings. The van der Waals surface area contributed by atoms with E-state index < -0.39 is 18.5 Å². The van der Waals surface area contributed by atoms with Crippen LogP contribution in [-0.2, 0) is 9.53 Å². The first-order valence-electron chi connectivity index (χ1n) is 8.95. The highest BCUT2D eigenvalue weighted by molar-refractivity contribution is 6.08. The molecule has 0 radical (unpaired) electrons. The molecule has 4 aromatic rings. The fourth-order valence-electron chi connectivity index (χ4n) is 3.17. The van der Waals surface area contributed by atoms with Gasteiger partial charge in [-0.15, -0.1) is 0 Å². The van der Waals surface area contributed by atoms with Crippen LogP contribution in [0.15, 0.2) is 65.1 Å². The van der Waals surface area contributed by atoms with Gasteiger partial charge < -0.3 is 14.5 Å². The Bertz CT molecular complexity index is 1280. The highest BCUT2D eigenvalue weighted by atomic mass is 16.5. The number of hydrogen-bond acceptors (Lipinski definition) is 5. The Kier molecular flexibility index (Phi) is 4.71. The Labute approximate surface area is 166 Å². The first kappa shape index (κ1) is 18.3. The number of nitrogens with zero attached hydrogens (tertiary/aromatic N) is 1. The van der Waals surface area contributed by atoms with Crippen LogP contribution >= 0.6 is 0 Å². The number of rotatable bonds is 4. The van der Waals surface area contributed by atoms with E-state index in [0.29, 0.717) is 22.4 Å². The van der Waals surface area contributed by atoms with Gasteiger partial charge in [0.15, 0.2) is 6.61 Å². The lowest BCUT2D eigenvalue weighted by Gasteiger charge is -2.06. The quantitative estimate of drug-likeness (QED) is 0.521. The molecule has 0 aliphatic heterocycles. The van der Waals surface area contributed by atoms with Gasteiger partial charge in [0, 0.05) is 22.0 Å². The molecule has 142 valence electrons. The van der Waals surface area contributed by atoms with E-state index in [1.54, 1.807) is 31.2 Å². The third-order valence-corrected chi connectivity index (χ3v) is 4.65. The first-order valence-corrected chi connectivity index (χ1v) is 8.95. The summed E-state index contributed by atoms with van der Waals surface area (Å²) in [5.74, 6) is -1.09. The Morgan fingerprint density at radius 1 is 1.03 bits per heavy atom. The molecule has 6 heteroatoms. The van der Waals surface area contributed by atoms with Crippen molar-refractivity contribution in [2.24, 2.45) is 0 Å². The monoisotopic (exact) mass is 384 g/mol. The van der Waals surface area contributed by atoms with Crippen LogP contribution in [0.2, 0.25) is 0 Å². The minimum atomic E-state index is -0.697. The van der Waals surface area contributed by atoms with Crippen molar-refractivity contribution < 1.29 is 18.7 Å². The van der Waals surface area contributed by atoms with E-state index in [-0.39, 0.29) is 5.76 Å². The van der Waals surface area contributed by atoms with Crippen LogP contribution in [0.3, 0.4) is 0 Å². The molecule has 0 atom stereocenters. The van der Waals surface area contributed by atoms with Gasteiger partial charge in [0.05, 0.1) is 11.6 Å². The summed E-state index contributed by atoms with van der Waals surface area (Å²) in [6, 6.07) is 20.0. The molecule has 0 spiro atoms. The van der Waals surface area contributed by atoms with Gasteiger partial charge in [0.25, 0.3) is 5.91 Å². The number of hydrogen-bond donors (Lipinski definition) is 1. The summed E-state index contributed by atoms with van der Waals surface area (Å²) in [5, 5.41) is 14.2. The number of carbonyl (C=O) groups is 2. The number of fused-ring (bicyclic) bond motifs is 3. The van der Waals surface area contributed by atoms with Crippen molar-refractivity contribution in [1.82, 2.24) is 0 Å². The predicted octanol–water partition coefficient (Wildman–Crippen LogP) is 4.56. The zero-order valence-corrected chi connectivity index (χ0v) is 15.6. The molecule has 1 amide bonds. The fraction of sp³-hybridized carbons (Fsp3) is 0.0870. The third-order valence-electron chi connectivity index (χ3n) is 4.65. The van der Waals surface area contributed by atoms with Crippen molar-refractivity contribution in [3.8, 4) is 6.07 Å². The number of esters is 1. The normalized spacial score (nSPS) is 10.6. The van der Waals surface area contributed by atoms with Crippen LogP contribution in [-0.4, -0.2) is 18.5 Å². The predicted molar refractivity (Wildman–Crippen MR) is 109 cm³/mol. The fourth-order valence-corrected chi connectivity index (χ4v) is 3.17. The van der Waals surface area contributed by atoms with Crippen molar-refractivity contribution in [2.45, 2.75) is 6.92 Å². The summed E-state index contributed by atoms with van der Waals surface area (Å²) in [5.41, 5.74) is 2.29. The lowest BCUT2D eigenvalue weighted by Crippen LogP contribution is -2.21. The van der Waals surface area contributed by atoms with E-state index >= 15 is 0 Å².